The number of halogens is 1. The van der Waals surface area contributed by atoms with Crippen LogP contribution < -0.4 is 9.64 Å². The standard InChI is InChI=1S/C28H33N3O4.ClH/c1-16-20(4-3-12-29-16)31(17(2)32)21-9-10-28(34)23-14-19-7-8-22(33)25-24(19)27(28,26(21)35-25)11-13-30(23)15-18-5-6-18;/h3-4,7-8,12,18,21,23,26,33-34H,5-6,9-11,13-15H2,1-2H3;1H/t21-,23+,26-,27-,28+;/m0./s1. The van der Waals surface area contributed by atoms with Crippen molar-refractivity contribution in [3.05, 3.63) is 47.3 Å². The van der Waals surface area contributed by atoms with Crippen molar-refractivity contribution < 1.29 is 19.7 Å². The van der Waals surface area contributed by atoms with Crippen LogP contribution in [0.25, 0.3) is 0 Å². The zero-order chi connectivity index (χ0) is 24.1. The second kappa shape index (κ2) is 8.07. The molecule has 36 heavy (non-hydrogen) atoms. The molecule has 2 bridgehead atoms. The van der Waals surface area contributed by atoms with Crippen molar-refractivity contribution in [2.75, 3.05) is 18.0 Å². The quantitative estimate of drug-likeness (QED) is 0.653. The fraction of sp³-hybridized carbons (Fsp3) is 0.571. The average molecular weight is 512 g/mol. The highest BCUT2D eigenvalue weighted by Crippen LogP contribution is 2.66. The highest BCUT2D eigenvalue weighted by atomic mass is 35.5. The van der Waals surface area contributed by atoms with Crippen molar-refractivity contribution in [2.24, 2.45) is 5.92 Å². The molecule has 5 aliphatic rings. The van der Waals surface area contributed by atoms with E-state index >= 15 is 0 Å². The van der Waals surface area contributed by atoms with E-state index in [4.69, 9.17) is 4.74 Å². The molecule has 3 fully saturated rings. The number of aryl methyl sites for hydroxylation is 1. The maximum Gasteiger partial charge on any atom is 0.224 e. The van der Waals surface area contributed by atoms with Crippen molar-refractivity contribution >= 4 is 24.0 Å². The van der Waals surface area contributed by atoms with Crippen molar-refractivity contribution in [3.8, 4) is 11.5 Å². The summed E-state index contributed by atoms with van der Waals surface area (Å²) in [7, 11) is 0. The molecule has 0 radical (unpaired) electrons. The maximum absolute atomic E-state index is 13.1. The van der Waals surface area contributed by atoms with Gasteiger partial charge in [0.1, 0.15) is 6.10 Å². The SMILES string of the molecule is CC(=O)N(c1cccnc1C)[C@H]1CC[C@@]2(O)[C@H]3Cc4ccc(O)c5c4[C@@]2(CCN3CC2CC2)[C@H]1O5.Cl. The van der Waals surface area contributed by atoms with Gasteiger partial charge in [-0.1, -0.05) is 6.07 Å². The Morgan fingerprint density at radius 2 is 2.06 bits per heavy atom. The van der Waals surface area contributed by atoms with Gasteiger partial charge in [-0.15, -0.1) is 12.4 Å². The molecule has 2 aliphatic heterocycles. The summed E-state index contributed by atoms with van der Waals surface area (Å²) in [5, 5.41) is 23.5. The lowest BCUT2D eigenvalue weighted by atomic mass is 9.48. The number of anilines is 1. The molecule has 0 unspecified atom stereocenters. The number of carbonyl (C=O) groups is 1. The Bertz CT molecular complexity index is 1240. The first-order valence-corrected chi connectivity index (χ1v) is 13.0. The summed E-state index contributed by atoms with van der Waals surface area (Å²) in [6.45, 7) is 5.46. The predicted molar refractivity (Wildman–Crippen MR) is 138 cm³/mol. The fourth-order valence-electron chi connectivity index (χ4n) is 8.03. The van der Waals surface area contributed by atoms with E-state index in [2.05, 4.69) is 9.88 Å². The van der Waals surface area contributed by atoms with Crippen LogP contribution in [0.2, 0.25) is 0 Å². The van der Waals surface area contributed by atoms with Crippen LogP contribution in [-0.4, -0.2) is 62.9 Å². The molecule has 1 aromatic carbocycles. The number of phenolic OH excluding ortho intramolecular Hbond substituents is 1. The zero-order valence-electron chi connectivity index (χ0n) is 20.8. The molecular formula is C28H34ClN3O4. The molecule has 1 amide bonds. The summed E-state index contributed by atoms with van der Waals surface area (Å²) < 4.78 is 6.67. The lowest BCUT2D eigenvalue weighted by Gasteiger charge is -2.64. The fourth-order valence-corrected chi connectivity index (χ4v) is 8.03. The van der Waals surface area contributed by atoms with E-state index in [1.54, 1.807) is 19.2 Å². The van der Waals surface area contributed by atoms with E-state index in [1.165, 1.54) is 18.4 Å². The first-order valence-electron chi connectivity index (χ1n) is 13.0. The molecule has 1 saturated heterocycles. The van der Waals surface area contributed by atoms with Crippen LogP contribution in [-0.2, 0) is 16.6 Å². The van der Waals surface area contributed by atoms with Gasteiger partial charge in [0.25, 0.3) is 0 Å². The zero-order valence-corrected chi connectivity index (χ0v) is 21.6. The summed E-state index contributed by atoms with van der Waals surface area (Å²) in [5.74, 6) is 1.33. The first-order chi connectivity index (χ1) is 16.8. The molecule has 2 saturated carbocycles. The summed E-state index contributed by atoms with van der Waals surface area (Å²) in [6.07, 6.45) is 6.64. The number of piperidine rings is 1. The van der Waals surface area contributed by atoms with Gasteiger partial charge < -0.3 is 19.8 Å². The average Bonchev–Trinajstić information content (AvgIpc) is 3.57. The van der Waals surface area contributed by atoms with Gasteiger partial charge in [-0.3, -0.25) is 14.7 Å². The molecule has 8 heteroatoms. The van der Waals surface area contributed by atoms with E-state index in [0.29, 0.717) is 18.6 Å². The Morgan fingerprint density at radius 1 is 1.25 bits per heavy atom. The number of hydrogen-bond donors (Lipinski definition) is 2. The minimum absolute atomic E-state index is 0. The van der Waals surface area contributed by atoms with E-state index < -0.39 is 17.1 Å². The van der Waals surface area contributed by atoms with Gasteiger partial charge in [0.2, 0.25) is 5.91 Å². The summed E-state index contributed by atoms with van der Waals surface area (Å²) in [5.41, 5.74) is 2.13. The molecule has 2 aromatic rings. The number of aromatic nitrogens is 1. The van der Waals surface area contributed by atoms with E-state index in [0.717, 1.165) is 48.8 Å². The lowest BCUT2D eigenvalue weighted by Crippen LogP contribution is -2.78. The third-order valence-corrected chi connectivity index (χ3v) is 9.64. The number of rotatable bonds is 4. The lowest BCUT2D eigenvalue weighted by molar-refractivity contribution is -0.190. The topological polar surface area (TPSA) is 86.1 Å². The van der Waals surface area contributed by atoms with Gasteiger partial charge in [-0.25, -0.2) is 0 Å². The van der Waals surface area contributed by atoms with Crippen LogP contribution in [0.4, 0.5) is 5.69 Å². The second-order valence-electron chi connectivity index (χ2n) is 11.4. The third kappa shape index (κ3) is 2.99. The Balaban J connectivity index is 0.00000240. The molecule has 7 nitrogen and oxygen atoms in total. The van der Waals surface area contributed by atoms with Gasteiger partial charge in [0, 0.05) is 31.3 Å². The molecule has 1 aromatic heterocycles. The summed E-state index contributed by atoms with van der Waals surface area (Å²) >= 11 is 0. The minimum Gasteiger partial charge on any atom is -0.504 e. The van der Waals surface area contributed by atoms with Crippen molar-refractivity contribution in [1.29, 1.82) is 0 Å². The van der Waals surface area contributed by atoms with Crippen LogP contribution >= 0.6 is 12.4 Å². The Labute approximate surface area is 217 Å². The van der Waals surface area contributed by atoms with Crippen LogP contribution in [0.3, 0.4) is 0 Å². The van der Waals surface area contributed by atoms with Gasteiger partial charge >= 0.3 is 0 Å². The van der Waals surface area contributed by atoms with E-state index in [-0.39, 0.29) is 36.1 Å². The Morgan fingerprint density at radius 3 is 2.78 bits per heavy atom. The maximum atomic E-state index is 13.1. The molecule has 192 valence electrons. The summed E-state index contributed by atoms with van der Waals surface area (Å²) in [4.78, 5) is 22.0. The van der Waals surface area contributed by atoms with Gasteiger partial charge in [-0.05, 0) is 81.7 Å². The Kier molecular flexibility index (Phi) is 5.38. The summed E-state index contributed by atoms with van der Waals surface area (Å²) in [6, 6.07) is 7.32. The van der Waals surface area contributed by atoms with Crippen molar-refractivity contribution in [3.63, 3.8) is 0 Å². The normalized spacial score (nSPS) is 33.8. The number of aromatic hydroxyl groups is 1. The van der Waals surface area contributed by atoms with Crippen LogP contribution in [0.5, 0.6) is 11.5 Å². The van der Waals surface area contributed by atoms with Gasteiger partial charge in [0.05, 0.1) is 28.4 Å². The second-order valence-corrected chi connectivity index (χ2v) is 11.4. The first kappa shape index (κ1) is 24.0. The van der Waals surface area contributed by atoms with Crippen molar-refractivity contribution in [1.82, 2.24) is 9.88 Å². The minimum atomic E-state index is -0.959. The number of carbonyl (C=O) groups excluding carboxylic acids is 1. The van der Waals surface area contributed by atoms with Crippen LogP contribution in [0.15, 0.2) is 30.5 Å². The van der Waals surface area contributed by atoms with E-state index in [1.807, 2.05) is 30.0 Å². The number of pyridine rings is 1. The number of hydrogen-bond acceptors (Lipinski definition) is 6. The Hall–Kier alpha value is -2.35. The smallest absolute Gasteiger partial charge is 0.224 e. The van der Waals surface area contributed by atoms with Crippen LogP contribution in [0.1, 0.15) is 55.8 Å². The molecule has 3 aliphatic carbocycles. The number of benzene rings is 1. The molecule has 2 N–H and O–H groups in total. The predicted octanol–water partition coefficient (Wildman–Crippen LogP) is 3.50. The van der Waals surface area contributed by atoms with Gasteiger partial charge in [-0.2, -0.15) is 0 Å². The van der Waals surface area contributed by atoms with Gasteiger partial charge in [0.15, 0.2) is 11.5 Å². The number of ether oxygens (including phenoxy) is 1. The number of amides is 1. The molecule has 1 spiro atoms. The highest BCUT2D eigenvalue weighted by molar-refractivity contribution is 5.93. The largest absolute Gasteiger partial charge is 0.504 e. The van der Waals surface area contributed by atoms with Crippen molar-refractivity contribution in [2.45, 2.75) is 81.6 Å². The molecule has 7 rings (SSSR count). The molecule has 3 heterocycles. The molecule has 5 atom stereocenters. The van der Waals surface area contributed by atoms with Crippen LogP contribution in [0, 0.1) is 12.8 Å². The number of phenols is 1. The molecular weight excluding hydrogens is 478 g/mol. The third-order valence-electron chi connectivity index (χ3n) is 9.64. The highest BCUT2D eigenvalue weighted by Gasteiger charge is 2.73. The van der Waals surface area contributed by atoms with E-state index in [9.17, 15) is 15.0 Å². The number of nitrogens with zero attached hydrogens (tertiary/aromatic N) is 3. The monoisotopic (exact) mass is 511 g/mol. The number of likely N-dealkylation sites (tertiary alicyclic amines) is 1. The number of aliphatic hydroxyl groups is 1.